The van der Waals surface area contributed by atoms with Crippen LogP contribution in [0.1, 0.15) is 26.3 Å². The van der Waals surface area contributed by atoms with Crippen molar-refractivity contribution in [2.24, 2.45) is 0 Å². The van der Waals surface area contributed by atoms with Gasteiger partial charge in [0.05, 0.1) is 6.54 Å². The summed E-state index contributed by atoms with van der Waals surface area (Å²) in [5, 5.41) is 9.26. The van der Waals surface area contributed by atoms with Gasteiger partial charge in [0, 0.05) is 11.7 Å². The summed E-state index contributed by atoms with van der Waals surface area (Å²) in [7, 11) is 0. The third kappa shape index (κ3) is 5.70. The first-order valence-corrected chi connectivity index (χ1v) is 6.85. The second-order valence-electron chi connectivity index (χ2n) is 4.54. The highest BCUT2D eigenvalue weighted by atomic mass is 32.1. The maximum absolute atomic E-state index is 11.5. The van der Waals surface area contributed by atoms with Crippen molar-refractivity contribution in [3.63, 3.8) is 0 Å². The van der Waals surface area contributed by atoms with Crippen LogP contribution >= 0.6 is 12.2 Å². The fourth-order valence-electron chi connectivity index (χ4n) is 1.65. The summed E-state index contributed by atoms with van der Waals surface area (Å²) in [6.45, 7) is 6.11. The zero-order valence-electron chi connectivity index (χ0n) is 11.6. The second kappa shape index (κ2) is 7.74. The number of carbonyl (C=O) groups is 1. The van der Waals surface area contributed by atoms with Gasteiger partial charge in [0.25, 0.3) is 0 Å². The van der Waals surface area contributed by atoms with Gasteiger partial charge in [0.2, 0.25) is 5.91 Å². The van der Waals surface area contributed by atoms with Gasteiger partial charge in [-0.3, -0.25) is 4.79 Å². The molecule has 0 saturated heterocycles. The number of hydrogen-bond acceptors (Lipinski definition) is 2. The largest absolute Gasteiger partial charge is 0.353 e. The van der Waals surface area contributed by atoms with Gasteiger partial charge in [-0.05, 0) is 44.1 Å². The van der Waals surface area contributed by atoms with Gasteiger partial charge in [0.1, 0.15) is 0 Å². The molecule has 19 heavy (non-hydrogen) atoms. The predicted molar refractivity (Wildman–Crippen MR) is 83.3 cm³/mol. The van der Waals surface area contributed by atoms with Gasteiger partial charge in [-0.1, -0.05) is 25.1 Å². The number of benzene rings is 1. The highest BCUT2D eigenvalue weighted by molar-refractivity contribution is 7.80. The molecule has 0 saturated carbocycles. The molecule has 0 aliphatic rings. The van der Waals surface area contributed by atoms with Crippen LogP contribution < -0.4 is 16.0 Å². The lowest BCUT2D eigenvalue weighted by atomic mass is 10.1. The van der Waals surface area contributed by atoms with E-state index >= 15 is 0 Å². The molecular weight excluding hydrogens is 258 g/mol. The number of hydrogen-bond donors (Lipinski definition) is 3. The zero-order chi connectivity index (χ0) is 14.3. The first-order valence-electron chi connectivity index (χ1n) is 6.45. The molecule has 1 aromatic rings. The average Bonchev–Trinajstić information content (AvgIpc) is 2.36. The molecule has 0 bridgehead atoms. The summed E-state index contributed by atoms with van der Waals surface area (Å²) in [5.74, 6) is -0.0667. The fraction of sp³-hybridized carbons (Fsp3) is 0.429. The number of amides is 1. The van der Waals surface area contributed by atoms with Crippen LogP contribution in [0.25, 0.3) is 0 Å². The van der Waals surface area contributed by atoms with E-state index in [1.54, 1.807) is 0 Å². The highest BCUT2D eigenvalue weighted by Crippen LogP contribution is 2.14. The van der Waals surface area contributed by atoms with Crippen molar-refractivity contribution in [2.75, 3.05) is 11.9 Å². The monoisotopic (exact) mass is 279 g/mol. The lowest BCUT2D eigenvalue weighted by molar-refractivity contribution is -0.120. The van der Waals surface area contributed by atoms with Gasteiger partial charge < -0.3 is 16.0 Å². The van der Waals surface area contributed by atoms with Crippen LogP contribution in [0.2, 0.25) is 0 Å². The molecule has 1 amide bonds. The molecule has 0 radical (unpaired) electrons. The highest BCUT2D eigenvalue weighted by Gasteiger charge is 2.05. The molecule has 0 aliphatic carbocycles. The van der Waals surface area contributed by atoms with Crippen molar-refractivity contribution in [3.05, 3.63) is 29.8 Å². The zero-order valence-corrected chi connectivity index (χ0v) is 12.4. The Morgan fingerprint density at radius 2 is 2.00 bits per heavy atom. The van der Waals surface area contributed by atoms with Crippen molar-refractivity contribution in [2.45, 2.75) is 33.2 Å². The van der Waals surface area contributed by atoms with Gasteiger partial charge in [-0.25, -0.2) is 0 Å². The lowest BCUT2D eigenvalue weighted by Gasteiger charge is -2.14. The van der Waals surface area contributed by atoms with Gasteiger partial charge >= 0.3 is 0 Å². The predicted octanol–water partition coefficient (Wildman–Crippen LogP) is 2.06. The molecule has 0 aromatic heterocycles. The van der Waals surface area contributed by atoms with E-state index in [-0.39, 0.29) is 18.5 Å². The molecule has 0 heterocycles. The standard InChI is InChI=1S/C14H21N3OS/c1-4-11-7-5-6-8-12(11)17-14(19)15-9-13(18)16-10(2)3/h5-8,10H,4,9H2,1-3H3,(H,16,18)(H2,15,17,19). The molecule has 0 spiro atoms. The Hall–Kier alpha value is -1.62. The van der Waals surface area contributed by atoms with Crippen LogP contribution in [0.4, 0.5) is 5.69 Å². The normalized spacial score (nSPS) is 10.1. The Morgan fingerprint density at radius 1 is 1.32 bits per heavy atom. The summed E-state index contributed by atoms with van der Waals surface area (Å²) in [6, 6.07) is 8.11. The number of carbonyl (C=O) groups excluding carboxylic acids is 1. The van der Waals surface area contributed by atoms with E-state index in [0.717, 1.165) is 12.1 Å². The van der Waals surface area contributed by atoms with Crippen molar-refractivity contribution >= 4 is 28.9 Å². The maximum Gasteiger partial charge on any atom is 0.239 e. The third-order valence-electron chi connectivity index (χ3n) is 2.51. The average molecular weight is 279 g/mol. The van der Waals surface area contributed by atoms with E-state index in [9.17, 15) is 4.79 Å². The Kier molecular flexibility index (Phi) is 6.29. The molecule has 0 unspecified atom stereocenters. The van der Waals surface area contributed by atoms with E-state index in [1.807, 2.05) is 32.0 Å². The summed E-state index contributed by atoms with van der Waals surface area (Å²) in [4.78, 5) is 11.5. The molecule has 0 atom stereocenters. The first kappa shape index (κ1) is 15.4. The van der Waals surface area contributed by atoms with Crippen LogP contribution in [0.15, 0.2) is 24.3 Å². The smallest absolute Gasteiger partial charge is 0.239 e. The third-order valence-corrected chi connectivity index (χ3v) is 2.75. The van der Waals surface area contributed by atoms with Crippen molar-refractivity contribution in [3.8, 4) is 0 Å². The van der Waals surface area contributed by atoms with Crippen molar-refractivity contribution in [1.29, 1.82) is 0 Å². The van der Waals surface area contributed by atoms with Crippen LogP contribution in [0.5, 0.6) is 0 Å². The molecule has 3 N–H and O–H groups in total. The van der Waals surface area contributed by atoms with Gasteiger partial charge in [0.15, 0.2) is 5.11 Å². The summed E-state index contributed by atoms with van der Waals surface area (Å²) in [5.41, 5.74) is 2.17. The minimum absolute atomic E-state index is 0.0667. The molecule has 1 aromatic carbocycles. The quantitative estimate of drug-likeness (QED) is 0.722. The van der Waals surface area contributed by atoms with Crippen LogP contribution in [-0.4, -0.2) is 23.6 Å². The Labute approximate surface area is 120 Å². The molecule has 0 aliphatic heterocycles. The fourth-order valence-corrected chi connectivity index (χ4v) is 1.83. The molecule has 4 nitrogen and oxygen atoms in total. The van der Waals surface area contributed by atoms with Crippen LogP contribution in [0.3, 0.4) is 0 Å². The van der Waals surface area contributed by atoms with Crippen molar-refractivity contribution in [1.82, 2.24) is 10.6 Å². The summed E-state index contributed by atoms with van der Waals surface area (Å²) >= 11 is 5.17. The Bertz CT molecular complexity index is 446. The number of nitrogens with one attached hydrogen (secondary N) is 3. The van der Waals surface area contributed by atoms with Crippen LogP contribution in [-0.2, 0) is 11.2 Å². The summed E-state index contributed by atoms with van der Waals surface area (Å²) < 4.78 is 0. The summed E-state index contributed by atoms with van der Waals surface area (Å²) in [6.07, 6.45) is 0.930. The van der Waals surface area contributed by atoms with E-state index in [4.69, 9.17) is 12.2 Å². The van der Waals surface area contributed by atoms with Crippen molar-refractivity contribution < 1.29 is 4.79 Å². The van der Waals surface area contributed by atoms with E-state index < -0.39 is 0 Å². The van der Waals surface area contributed by atoms with Gasteiger partial charge in [-0.15, -0.1) is 0 Å². The Morgan fingerprint density at radius 3 is 2.63 bits per heavy atom. The molecule has 5 heteroatoms. The second-order valence-corrected chi connectivity index (χ2v) is 4.95. The van der Waals surface area contributed by atoms with E-state index in [1.165, 1.54) is 5.56 Å². The number of rotatable bonds is 5. The number of anilines is 1. The number of para-hydroxylation sites is 1. The lowest BCUT2D eigenvalue weighted by Crippen LogP contribution is -2.41. The van der Waals surface area contributed by atoms with Crippen LogP contribution in [0, 0.1) is 0 Å². The Balaban J connectivity index is 2.45. The van der Waals surface area contributed by atoms with E-state index in [2.05, 4.69) is 28.9 Å². The van der Waals surface area contributed by atoms with E-state index in [0.29, 0.717) is 5.11 Å². The number of aryl methyl sites for hydroxylation is 1. The topological polar surface area (TPSA) is 53.2 Å². The molecular formula is C14H21N3OS. The molecule has 104 valence electrons. The minimum Gasteiger partial charge on any atom is -0.353 e. The molecule has 1 rings (SSSR count). The number of thiocarbonyl (C=S) groups is 1. The SMILES string of the molecule is CCc1ccccc1NC(=S)NCC(=O)NC(C)C. The molecule has 0 fully saturated rings. The minimum atomic E-state index is -0.0667. The maximum atomic E-state index is 11.5. The first-order chi connectivity index (χ1) is 9.02. The van der Waals surface area contributed by atoms with Gasteiger partial charge in [-0.2, -0.15) is 0 Å².